The third-order valence-electron chi connectivity index (χ3n) is 3.80. The molecule has 3 nitrogen and oxygen atoms in total. The summed E-state index contributed by atoms with van der Waals surface area (Å²) >= 11 is 0. The monoisotopic (exact) mass is 283 g/mol. The van der Waals surface area contributed by atoms with Crippen LogP contribution in [0.5, 0.6) is 0 Å². The SMILES string of the molecule is Cc1cc2nc(-c3cccc(F)c3)n(CCN)c2cc1C. The van der Waals surface area contributed by atoms with Crippen LogP contribution in [0, 0.1) is 19.7 Å². The van der Waals surface area contributed by atoms with E-state index >= 15 is 0 Å². The molecule has 0 aliphatic carbocycles. The number of nitrogens with zero attached hydrogens (tertiary/aromatic N) is 2. The number of aromatic nitrogens is 2. The summed E-state index contributed by atoms with van der Waals surface area (Å²) < 4.78 is 15.6. The summed E-state index contributed by atoms with van der Waals surface area (Å²) in [4.78, 5) is 4.69. The van der Waals surface area contributed by atoms with Crippen LogP contribution in [0.1, 0.15) is 11.1 Å². The number of rotatable bonds is 3. The van der Waals surface area contributed by atoms with Crippen LogP contribution in [0.15, 0.2) is 36.4 Å². The lowest BCUT2D eigenvalue weighted by molar-refractivity contribution is 0.628. The van der Waals surface area contributed by atoms with Crippen molar-refractivity contribution in [2.45, 2.75) is 20.4 Å². The molecule has 108 valence electrons. The summed E-state index contributed by atoms with van der Waals surface area (Å²) in [6.45, 7) is 5.32. The Kier molecular flexibility index (Phi) is 3.47. The first-order chi connectivity index (χ1) is 10.1. The molecule has 0 unspecified atom stereocenters. The van der Waals surface area contributed by atoms with Crippen molar-refractivity contribution in [2.75, 3.05) is 6.54 Å². The summed E-state index contributed by atoms with van der Waals surface area (Å²) in [6.07, 6.45) is 0. The van der Waals surface area contributed by atoms with E-state index in [0.29, 0.717) is 13.1 Å². The average molecular weight is 283 g/mol. The Labute approximate surface area is 123 Å². The van der Waals surface area contributed by atoms with E-state index in [2.05, 4.69) is 35.5 Å². The normalized spacial score (nSPS) is 11.2. The number of fused-ring (bicyclic) bond motifs is 1. The molecule has 3 rings (SSSR count). The Morgan fingerprint density at radius 3 is 2.62 bits per heavy atom. The van der Waals surface area contributed by atoms with E-state index in [-0.39, 0.29) is 5.82 Å². The van der Waals surface area contributed by atoms with Crippen molar-refractivity contribution in [3.63, 3.8) is 0 Å². The van der Waals surface area contributed by atoms with E-state index in [9.17, 15) is 4.39 Å². The topological polar surface area (TPSA) is 43.8 Å². The summed E-state index contributed by atoms with van der Waals surface area (Å²) in [5.41, 5.74) is 10.9. The molecular weight excluding hydrogens is 265 g/mol. The van der Waals surface area contributed by atoms with Crippen LogP contribution in [0.4, 0.5) is 4.39 Å². The van der Waals surface area contributed by atoms with Crippen LogP contribution < -0.4 is 5.73 Å². The van der Waals surface area contributed by atoms with E-state index in [0.717, 1.165) is 22.4 Å². The molecule has 4 heteroatoms. The van der Waals surface area contributed by atoms with Gasteiger partial charge in [0, 0.05) is 18.7 Å². The van der Waals surface area contributed by atoms with Gasteiger partial charge in [-0.15, -0.1) is 0 Å². The Hall–Kier alpha value is -2.20. The second-order valence-electron chi connectivity index (χ2n) is 5.31. The molecule has 0 aliphatic heterocycles. The molecule has 2 N–H and O–H groups in total. The maximum Gasteiger partial charge on any atom is 0.141 e. The lowest BCUT2D eigenvalue weighted by Gasteiger charge is -2.08. The number of benzene rings is 2. The Balaban J connectivity index is 2.28. The third-order valence-corrected chi connectivity index (χ3v) is 3.80. The minimum Gasteiger partial charge on any atom is -0.329 e. The molecule has 0 amide bonds. The standard InChI is InChI=1S/C17H18FN3/c1-11-8-15-16(9-12(11)2)21(7-6-19)17(20-15)13-4-3-5-14(18)10-13/h3-5,8-10H,6-7,19H2,1-2H3. The highest BCUT2D eigenvalue weighted by Crippen LogP contribution is 2.27. The van der Waals surface area contributed by atoms with E-state index in [1.54, 1.807) is 6.07 Å². The quantitative estimate of drug-likeness (QED) is 0.800. The number of halogens is 1. The number of aryl methyl sites for hydroxylation is 2. The fraction of sp³-hybridized carbons (Fsp3) is 0.235. The van der Waals surface area contributed by atoms with Crippen molar-refractivity contribution in [3.8, 4) is 11.4 Å². The molecule has 0 atom stereocenters. The molecule has 0 fully saturated rings. The van der Waals surface area contributed by atoms with Gasteiger partial charge < -0.3 is 10.3 Å². The summed E-state index contributed by atoms with van der Waals surface area (Å²) in [5.74, 6) is 0.506. The highest BCUT2D eigenvalue weighted by Gasteiger charge is 2.13. The van der Waals surface area contributed by atoms with E-state index in [4.69, 9.17) is 5.73 Å². The minimum atomic E-state index is -0.258. The van der Waals surface area contributed by atoms with Gasteiger partial charge in [0.25, 0.3) is 0 Å². The fourth-order valence-electron chi connectivity index (χ4n) is 2.58. The van der Waals surface area contributed by atoms with Gasteiger partial charge >= 0.3 is 0 Å². The van der Waals surface area contributed by atoms with E-state index < -0.39 is 0 Å². The number of hydrogen-bond donors (Lipinski definition) is 1. The lowest BCUT2D eigenvalue weighted by atomic mass is 10.1. The Morgan fingerprint density at radius 2 is 1.90 bits per heavy atom. The molecule has 0 radical (unpaired) electrons. The van der Waals surface area contributed by atoms with Crippen molar-refractivity contribution < 1.29 is 4.39 Å². The second kappa shape index (κ2) is 5.30. The van der Waals surface area contributed by atoms with Crippen LogP contribution in [0.2, 0.25) is 0 Å². The first-order valence-electron chi connectivity index (χ1n) is 7.03. The third kappa shape index (κ3) is 2.43. The van der Waals surface area contributed by atoms with Crippen molar-refractivity contribution in [2.24, 2.45) is 5.73 Å². The van der Waals surface area contributed by atoms with Gasteiger partial charge in [0.15, 0.2) is 0 Å². The highest BCUT2D eigenvalue weighted by atomic mass is 19.1. The number of imidazole rings is 1. The smallest absolute Gasteiger partial charge is 0.141 e. The molecule has 21 heavy (non-hydrogen) atoms. The molecule has 0 aliphatic rings. The van der Waals surface area contributed by atoms with Crippen molar-refractivity contribution >= 4 is 11.0 Å². The average Bonchev–Trinajstić information content (AvgIpc) is 2.78. The zero-order valence-electron chi connectivity index (χ0n) is 12.2. The van der Waals surface area contributed by atoms with Gasteiger partial charge in [0.2, 0.25) is 0 Å². The minimum absolute atomic E-state index is 0.258. The molecule has 2 aromatic carbocycles. The summed E-state index contributed by atoms with van der Waals surface area (Å²) in [7, 11) is 0. The lowest BCUT2D eigenvalue weighted by Crippen LogP contribution is -2.11. The molecular formula is C17H18FN3. The Morgan fingerprint density at radius 1 is 1.14 bits per heavy atom. The summed E-state index contributed by atoms with van der Waals surface area (Å²) in [5, 5.41) is 0. The van der Waals surface area contributed by atoms with E-state index in [1.807, 2.05) is 6.07 Å². The van der Waals surface area contributed by atoms with Crippen LogP contribution in [0.25, 0.3) is 22.4 Å². The second-order valence-corrected chi connectivity index (χ2v) is 5.31. The van der Waals surface area contributed by atoms with Gasteiger partial charge in [0.1, 0.15) is 11.6 Å². The van der Waals surface area contributed by atoms with Crippen molar-refractivity contribution in [1.82, 2.24) is 9.55 Å². The maximum absolute atomic E-state index is 13.5. The predicted molar refractivity (Wildman–Crippen MR) is 83.7 cm³/mol. The molecule has 3 aromatic rings. The number of nitrogens with two attached hydrogens (primary N) is 1. The molecule has 0 spiro atoms. The first-order valence-corrected chi connectivity index (χ1v) is 7.03. The van der Waals surface area contributed by atoms with Crippen molar-refractivity contribution in [1.29, 1.82) is 0 Å². The highest BCUT2D eigenvalue weighted by molar-refractivity contribution is 5.82. The van der Waals surface area contributed by atoms with Gasteiger partial charge in [-0.1, -0.05) is 12.1 Å². The van der Waals surface area contributed by atoms with Gasteiger partial charge in [-0.25, -0.2) is 9.37 Å². The molecule has 0 saturated carbocycles. The van der Waals surface area contributed by atoms with Crippen LogP contribution in [-0.2, 0) is 6.54 Å². The molecule has 0 bridgehead atoms. The van der Waals surface area contributed by atoms with Gasteiger partial charge in [-0.2, -0.15) is 0 Å². The van der Waals surface area contributed by atoms with Crippen LogP contribution >= 0.6 is 0 Å². The Bertz CT molecular complexity index is 805. The first kappa shape index (κ1) is 13.8. The van der Waals surface area contributed by atoms with Gasteiger partial charge in [-0.3, -0.25) is 0 Å². The molecule has 1 heterocycles. The fourth-order valence-corrected chi connectivity index (χ4v) is 2.58. The zero-order chi connectivity index (χ0) is 15.0. The predicted octanol–water partition coefficient (Wildman–Crippen LogP) is 3.42. The van der Waals surface area contributed by atoms with Crippen LogP contribution in [0.3, 0.4) is 0 Å². The zero-order valence-corrected chi connectivity index (χ0v) is 12.2. The maximum atomic E-state index is 13.5. The van der Waals surface area contributed by atoms with Gasteiger partial charge in [-0.05, 0) is 49.2 Å². The number of hydrogen-bond acceptors (Lipinski definition) is 2. The summed E-state index contributed by atoms with van der Waals surface area (Å²) in [6, 6.07) is 10.7. The molecule has 0 saturated heterocycles. The largest absolute Gasteiger partial charge is 0.329 e. The van der Waals surface area contributed by atoms with Gasteiger partial charge in [0.05, 0.1) is 11.0 Å². The van der Waals surface area contributed by atoms with Crippen molar-refractivity contribution in [3.05, 3.63) is 53.3 Å². The van der Waals surface area contributed by atoms with Crippen LogP contribution in [-0.4, -0.2) is 16.1 Å². The molecule has 1 aromatic heterocycles. The van der Waals surface area contributed by atoms with E-state index in [1.165, 1.54) is 23.3 Å².